The molecule has 0 aliphatic carbocycles. The Morgan fingerprint density at radius 1 is 1.22 bits per heavy atom. The molecule has 0 spiro atoms. The number of carbonyl (C=O) groups is 1. The van der Waals surface area contributed by atoms with Crippen molar-refractivity contribution in [3.05, 3.63) is 42.1 Å². The van der Waals surface area contributed by atoms with Crippen molar-refractivity contribution >= 4 is 11.6 Å². The fourth-order valence-corrected chi connectivity index (χ4v) is 2.04. The van der Waals surface area contributed by atoms with Crippen molar-refractivity contribution in [3.8, 4) is 11.8 Å². The van der Waals surface area contributed by atoms with Crippen molar-refractivity contribution in [1.29, 1.82) is 0 Å². The molecule has 0 bridgehead atoms. The summed E-state index contributed by atoms with van der Waals surface area (Å²) >= 11 is 0. The third-order valence-electron chi connectivity index (χ3n) is 3.17. The Morgan fingerprint density at radius 3 is 2.87 bits per heavy atom. The molecule has 0 aliphatic heterocycles. The van der Waals surface area contributed by atoms with Gasteiger partial charge in [-0.25, -0.2) is 9.97 Å². The second-order valence-electron chi connectivity index (χ2n) is 4.52. The Hall–Kier alpha value is -3.23. The molecule has 3 rings (SSSR count). The first-order valence-corrected chi connectivity index (χ1v) is 6.73. The molecule has 0 radical (unpaired) electrons. The van der Waals surface area contributed by atoms with Crippen LogP contribution in [0.5, 0.6) is 11.8 Å². The van der Waals surface area contributed by atoms with Crippen molar-refractivity contribution in [2.24, 2.45) is 0 Å². The molecule has 1 amide bonds. The Bertz CT molecular complexity index is 847. The number of ether oxygens (including phenoxy) is 2. The van der Waals surface area contributed by atoms with Gasteiger partial charge in [0.2, 0.25) is 11.5 Å². The van der Waals surface area contributed by atoms with Gasteiger partial charge in [0, 0.05) is 30.2 Å². The van der Waals surface area contributed by atoms with Crippen LogP contribution in [-0.2, 0) is 6.54 Å². The number of fused-ring (bicyclic) bond motifs is 1. The third kappa shape index (κ3) is 2.89. The molecule has 118 valence electrons. The van der Waals surface area contributed by atoms with Gasteiger partial charge in [-0.15, -0.1) is 10.2 Å². The number of methoxy groups -OCH3 is 2. The van der Waals surface area contributed by atoms with E-state index in [-0.39, 0.29) is 12.5 Å². The first-order valence-electron chi connectivity index (χ1n) is 6.73. The Labute approximate surface area is 131 Å². The Morgan fingerprint density at radius 2 is 2.09 bits per heavy atom. The second-order valence-corrected chi connectivity index (χ2v) is 4.52. The number of amides is 1. The molecule has 0 saturated carbocycles. The summed E-state index contributed by atoms with van der Waals surface area (Å²) in [6.45, 7) is 0.206. The zero-order chi connectivity index (χ0) is 16.2. The topological polar surface area (TPSA) is 104 Å². The minimum Gasteiger partial charge on any atom is -0.481 e. The number of carbonyl (C=O) groups excluding carboxylic acids is 1. The van der Waals surface area contributed by atoms with E-state index in [1.807, 2.05) is 0 Å². The monoisotopic (exact) mass is 314 g/mol. The normalized spacial score (nSPS) is 10.5. The van der Waals surface area contributed by atoms with E-state index in [2.05, 4.69) is 25.5 Å². The standard InChI is InChI=1S/C14H14N6O3/c1-22-11-7-9(3-4-15-11)13(21)17-8-10-18-19-12-14(23-2)16-5-6-20(10)12/h3-7H,8H2,1-2H3,(H,17,21). The van der Waals surface area contributed by atoms with Crippen molar-refractivity contribution < 1.29 is 14.3 Å². The van der Waals surface area contributed by atoms with Crippen LogP contribution in [0.25, 0.3) is 5.65 Å². The molecule has 9 nitrogen and oxygen atoms in total. The van der Waals surface area contributed by atoms with Crippen molar-refractivity contribution in [3.63, 3.8) is 0 Å². The maximum atomic E-state index is 12.2. The number of aromatic nitrogens is 5. The summed E-state index contributed by atoms with van der Waals surface area (Å²) < 4.78 is 11.8. The zero-order valence-corrected chi connectivity index (χ0v) is 12.6. The van der Waals surface area contributed by atoms with E-state index < -0.39 is 0 Å². The lowest BCUT2D eigenvalue weighted by atomic mass is 10.2. The van der Waals surface area contributed by atoms with Gasteiger partial charge in [0.05, 0.1) is 20.8 Å². The van der Waals surface area contributed by atoms with E-state index in [0.29, 0.717) is 28.8 Å². The average Bonchev–Trinajstić information content (AvgIpc) is 3.02. The summed E-state index contributed by atoms with van der Waals surface area (Å²) in [7, 11) is 3.00. The lowest BCUT2D eigenvalue weighted by Gasteiger charge is -2.06. The van der Waals surface area contributed by atoms with Gasteiger partial charge >= 0.3 is 0 Å². The van der Waals surface area contributed by atoms with Crippen LogP contribution < -0.4 is 14.8 Å². The maximum absolute atomic E-state index is 12.2. The molecule has 0 fully saturated rings. The minimum absolute atomic E-state index is 0.206. The summed E-state index contributed by atoms with van der Waals surface area (Å²) in [6.07, 6.45) is 4.79. The van der Waals surface area contributed by atoms with Gasteiger partial charge in [0.1, 0.15) is 0 Å². The highest BCUT2D eigenvalue weighted by atomic mass is 16.5. The van der Waals surface area contributed by atoms with Crippen LogP contribution in [-0.4, -0.2) is 44.7 Å². The van der Waals surface area contributed by atoms with E-state index in [1.165, 1.54) is 20.4 Å². The summed E-state index contributed by atoms with van der Waals surface area (Å²) in [6, 6.07) is 3.16. The summed E-state index contributed by atoms with van der Waals surface area (Å²) in [5, 5.41) is 10.8. The largest absolute Gasteiger partial charge is 0.481 e. The van der Waals surface area contributed by atoms with Gasteiger partial charge in [-0.3, -0.25) is 9.20 Å². The van der Waals surface area contributed by atoms with E-state index in [1.54, 1.807) is 28.9 Å². The predicted molar refractivity (Wildman–Crippen MR) is 79.3 cm³/mol. The molecule has 3 aromatic heterocycles. The number of hydrogen-bond donors (Lipinski definition) is 1. The quantitative estimate of drug-likeness (QED) is 0.730. The van der Waals surface area contributed by atoms with Gasteiger partial charge in [0.25, 0.3) is 11.8 Å². The van der Waals surface area contributed by atoms with Crippen LogP contribution in [0.4, 0.5) is 0 Å². The lowest BCUT2D eigenvalue weighted by molar-refractivity contribution is 0.0949. The highest BCUT2D eigenvalue weighted by molar-refractivity contribution is 5.94. The fraction of sp³-hybridized carbons (Fsp3) is 0.214. The first kappa shape index (κ1) is 14.7. The lowest BCUT2D eigenvalue weighted by Crippen LogP contribution is -2.24. The molecule has 0 aromatic carbocycles. The van der Waals surface area contributed by atoms with E-state index in [4.69, 9.17) is 9.47 Å². The molecule has 0 aliphatic rings. The first-order chi connectivity index (χ1) is 11.2. The molecule has 3 heterocycles. The van der Waals surface area contributed by atoms with E-state index in [9.17, 15) is 4.79 Å². The summed E-state index contributed by atoms with van der Waals surface area (Å²) in [5.41, 5.74) is 0.940. The summed E-state index contributed by atoms with van der Waals surface area (Å²) in [5.74, 6) is 1.05. The smallest absolute Gasteiger partial charge is 0.260 e. The molecule has 9 heteroatoms. The molecular formula is C14H14N6O3. The van der Waals surface area contributed by atoms with Crippen LogP contribution in [0, 0.1) is 0 Å². The highest BCUT2D eigenvalue weighted by Crippen LogP contribution is 2.14. The number of pyridine rings is 1. The molecule has 0 saturated heterocycles. The van der Waals surface area contributed by atoms with Gasteiger partial charge in [-0.05, 0) is 6.07 Å². The van der Waals surface area contributed by atoms with Crippen molar-refractivity contribution in [1.82, 2.24) is 29.9 Å². The van der Waals surface area contributed by atoms with Crippen LogP contribution >= 0.6 is 0 Å². The molecule has 1 N–H and O–H groups in total. The van der Waals surface area contributed by atoms with Crippen LogP contribution in [0.2, 0.25) is 0 Å². The SMILES string of the molecule is COc1cc(C(=O)NCc2nnc3c(OC)nccn23)ccn1. The second kappa shape index (κ2) is 6.26. The zero-order valence-electron chi connectivity index (χ0n) is 12.6. The Kier molecular flexibility index (Phi) is 4.00. The van der Waals surface area contributed by atoms with E-state index >= 15 is 0 Å². The molecular weight excluding hydrogens is 300 g/mol. The maximum Gasteiger partial charge on any atom is 0.260 e. The van der Waals surface area contributed by atoms with Crippen LogP contribution in [0.3, 0.4) is 0 Å². The molecule has 23 heavy (non-hydrogen) atoms. The summed E-state index contributed by atoms with van der Waals surface area (Å²) in [4.78, 5) is 20.2. The minimum atomic E-state index is -0.261. The Balaban J connectivity index is 1.76. The van der Waals surface area contributed by atoms with Crippen molar-refractivity contribution in [2.75, 3.05) is 14.2 Å². The number of nitrogens with one attached hydrogen (secondary N) is 1. The van der Waals surface area contributed by atoms with Crippen molar-refractivity contribution in [2.45, 2.75) is 6.54 Å². The van der Waals surface area contributed by atoms with Gasteiger partial charge in [-0.1, -0.05) is 0 Å². The van der Waals surface area contributed by atoms with Crippen LogP contribution in [0.15, 0.2) is 30.7 Å². The van der Waals surface area contributed by atoms with E-state index in [0.717, 1.165) is 0 Å². The fourth-order valence-electron chi connectivity index (χ4n) is 2.04. The molecule has 0 atom stereocenters. The third-order valence-corrected chi connectivity index (χ3v) is 3.17. The number of rotatable bonds is 5. The van der Waals surface area contributed by atoms with Crippen LogP contribution in [0.1, 0.15) is 16.2 Å². The highest BCUT2D eigenvalue weighted by Gasteiger charge is 2.12. The van der Waals surface area contributed by atoms with Gasteiger partial charge < -0.3 is 14.8 Å². The van der Waals surface area contributed by atoms with Gasteiger partial charge in [-0.2, -0.15) is 0 Å². The van der Waals surface area contributed by atoms with Gasteiger partial charge in [0.15, 0.2) is 5.82 Å². The molecule has 0 unspecified atom stereocenters. The average molecular weight is 314 g/mol. The number of hydrogen-bond acceptors (Lipinski definition) is 7. The number of nitrogens with zero attached hydrogens (tertiary/aromatic N) is 5. The molecule has 3 aromatic rings. The predicted octanol–water partition coefficient (Wildman–Crippen LogP) is 0.466.